The lowest BCUT2D eigenvalue weighted by atomic mass is 9.98. The van der Waals surface area contributed by atoms with Crippen LogP contribution in [0.1, 0.15) is 33.8 Å². The summed E-state index contributed by atoms with van der Waals surface area (Å²) in [5.41, 5.74) is 4.04. The molecule has 2 amide bonds. The van der Waals surface area contributed by atoms with E-state index in [2.05, 4.69) is 17.2 Å². The van der Waals surface area contributed by atoms with Gasteiger partial charge in [0.05, 0.1) is 11.3 Å². The lowest BCUT2D eigenvalue weighted by molar-refractivity contribution is -0.118. The topological polar surface area (TPSA) is 125 Å². The SMILES string of the molecule is C=CCC(NC(=O)OCC1c2ccccc2-c2ccccc21)C(=O)Nc1ccc(O)cc1C(=O)O. The van der Waals surface area contributed by atoms with Gasteiger partial charge in [0.15, 0.2) is 0 Å². The predicted octanol–water partition coefficient (Wildman–Crippen LogP) is 4.51. The quantitative estimate of drug-likeness (QED) is 0.282. The molecule has 1 unspecified atom stereocenters. The third-order valence-electron chi connectivity index (χ3n) is 5.85. The summed E-state index contributed by atoms with van der Waals surface area (Å²) < 4.78 is 5.50. The van der Waals surface area contributed by atoms with Crippen LogP contribution in [0.25, 0.3) is 11.1 Å². The van der Waals surface area contributed by atoms with Gasteiger partial charge in [0.1, 0.15) is 18.4 Å². The second-order valence-corrected chi connectivity index (χ2v) is 8.07. The van der Waals surface area contributed by atoms with Crippen molar-refractivity contribution in [3.05, 3.63) is 96.1 Å². The van der Waals surface area contributed by atoms with Crippen LogP contribution in [0.2, 0.25) is 0 Å². The highest BCUT2D eigenvalue weighted by Gasteiger charge is 2.30. The summed E-state index contributed by atoms with van der Waals surface area (Å²) in [6, 6.07) is 18.4. The van der Waals surface area contributed by atoms with E-state index in [1.807, 2.05) is 48.5 Å². The van der Waals surface area contributed by atoms with Crippen molar-refractivity contribution in [3.8, 4) is 16.9 Å². The molecule has 1 aliphatic carbocycles. The number of aromatic carboxylic acids is 1. The molecule has 0 aromatic heterocycles. The van der Waals surface area contributed by atoms with E-state index in [1.54, 1.807) is 0 Å². The molecule has 1 atom stereocenters. The van der Waals surface area contributed by atoms with Gasteiger partial charge in [-0.25, -0.2) is 9.59 Å². The van der Waals surface area contributed by atoms with Crippen molar-refractivity contribution in [3.63, 3.8) is 0 Å². The van der Waals surface area contributed by atoms with Crippen LogP contribution in [0.3, 0.4) is 0 Å². The molecule has 0 spiro atoms. The normalized spacial score (nSPS) is 12.7. The number of phenols is 1. The molecular formula is C27H24N2O6. The van der Waals surface area contributed by atoms with E-state index >= 15 is 0 Å². The molecule has 0 radical (unpaired) electrons. The zero-order valence-electron chi connectivity index (χ0n) is 18.7. The summed E-state index contributed by atoms with van der Waals surface area (Å²) in [5, 5.41) is 23.9. The highest BCUT2D eigenvalue weighted by molar-refractivity contribution is 6.03. The Hall–Kier alpha value is -4.59. The number of carboxylic acid groups (broad SMARTS) is 1. The minimum Gasteiger partial charge on any atom is -0.508 e. The smallest absolute Gasteiger partial charge is 0.407 e. The Kier molecular flexibility index (Phi) is 6.82. The number of carbonyl (C=O) groups excluding carboxylic acids is 2. The van der Waals surface area contributed by atoms with E-state index in [1.165, 1.54) is 18.2 Å². The zero-order valence-corrected chi connectivity index (χ0v) is 18.7. The standard InChI is InChI=1S/C27H24N2O6/c1-2-7-24(25(31)28-23-13-12-16(30)14-21(23)26(32)33)29-27(34)35-15-22-19-10-5-3-8-17(19)18-9-4-6-11-20(18)22/h2-6,8-14,22,24,30H,1,7,15H2,(H,28,31)(H,29,34)(H,32,33). The first-order chi connectivity index (χ1) is 16.9. The number of fused-ring (bicyclic) bond motifs is 3. The molecule has 0 saturated heterocycles. The highest BCUT2D eigenvalue weighted by Crippen LogP contribution is 2.44. The number of alkyl carbamates (subject to hydrolysis) is 1. The van der Waals surface area contributed by atoms with Crippen molar-refractivity contribution in [1.29, 1.82) is 0 Å². The van der Waals surface area contributed by atoms with Crippen LogP contribution in [0.5, 0.6) is 5.75 Å². The Morgan fingerprint density at radius 1 is 1.00 bits per heavy atom. The summed E-state index contributed by atoms with van der Waals surface area (Å²) >= 11 is 0. The maximum Gasteiger partial charge on any atom is 0.407 e. The number of aromatic hydroxyl groups is 1. The van der Waals surface area contributed by atoms with Gasteiger partial charge in [0.25, 0.3) is 0 Å². The van der Waals surface area contributed by atoms with E-state index in [-0.39, 0.29) is 35.9 Å². The van der Waals surface area contributed by atoms with Crippen LogP contribution in [0.15, 0.2) is 79.4 Å². The van der Waals surface area contributed by atoms with Crippen LogP contribution in [0.4, 0.5) is 10.5 Å². The lowest BCUT2D eigenvalue weighted by Gasteiger charge is -2.19. The van der Waals surface area contributed by atoms with Crippen molar-refractivity contribution in [2.24, 2.45) is 0 Å². The van der Waals surface area contributed by atoms with Gasteiger partial charge in [-0.3, -0.25) is 4.79 Å². The molecule has 0 fully saturated rings. The molecule has 3 aromatic rings. The first kappa shape index (κ1) is 23.6. The fourth-order valence-corrected chi connectivity index (χ4v) is 4.22. The number of hydrogen-bond acceptors (Lipinski definition) is 5. The summed E-state index contributed by atoms with van der Waals surface area (Å²) in [5.74, 6) is -2.35. The Labute approximate surface area is 201 Å². The van der Waals surface area contributed by atoms with Gasteiger partial charge in [0.2, 0.25) is 5.91 Å². The Morgan fingerprint density at radius 3 is 2.23 bits per heavy atom. The number of phenolic OH excluding ortho intramolecular Hbond substituents is 1. The van der Waals surface area contributed by atoms with Crippen LogP contribution in [0, 0.1) is 0 Å². The number of carbonyl (C=O) groups is 3. The van der Waals surface area contributed by atoms with Crippen molar-refractivity contribution in [1.82, 2.24) is 5.32 Å². The molecule has 0 bridgehead atoms. The molecule has 0 saturated carbocycles. The summed E-state index contributed by atoms with van der Waals surface area (Å²) in [6.45, 7) is 3.70. The minimum atomic E-state index is -1.32. The number of ether oxygens (including phenoxy) is 1. The number of carboxylic acids is 1. The first-order valence-corrected chi connectivity index (χ1v) is 11.0. The Morgan fingerprint density at radius 2 is 1.63 bits per heavy atom. The molecule has 8 heteroatoms. The molecular weight excluding hydrogens is 448 g/mol. The lowest BCUT2D eigenvalue weighted by Crippen LogP contribution is -2.44. The maximum absolute atomic E-state index is 12.8. The molecule has 1 aliphatic rings. The predicted molar refractivity (Wildman–Crippen MR) is 131 cm³/mol. The first-order valence-electron chi connectivity index (χ1n) is 11.0. The number of benzene rings is 3. The van der Waals surface area contributed by atoms with Crippen molar-refractivity contribution < 1.29 is 29.3 Å². The Bertz CT molecular complexity index is 1260. The second kappa shape index (κ2) is 10.1. The minimum absolute atomic E-state index is 0.0105. The number of amides is 2. The molecule has 3 aromatic carbocycles. The molecule has 4 rings (SSSR count). The summed E-state index contributed by atoms with van der Waals surface area (Å²) in [6.07, 6.45) is 0.775. The van der Waals surface area contributed by atoms with Gasteiger partial charge < -0.3 is 25.6 Å². The Balaban J connectivity index is 1.43. The van der Waals surface area contributed by atoms with Crippen LogP contribution in [-0.4, -0.2) is 40.8 Å². The number of anilines is 1. The number of nitrogens with one attached hydrogen (secondary N) is 2. The molecule has 0 aliphatic heterocycles. The average molecular weight is 472 g/mol. The van der Waals surface area contributed by atoms with Crippen molar-refractivity contribution in [2.45, 2.75) is 18.4 Å². The number of hydrogen-bond donors (Lipinski definition) is 4. The van der Waals surface area contributed by atoms with Crippen molar-refractivity contribution >= 4 is 23.7 Å². The summed E-state index contributed by atoms with van der Waals surface area (Å²) in [4.78, 5) is 36.9. The summed E-state index contributed by atoms with van der Waals surface area (Å²) in [7, 11) is 0. The van der Waals surface area contributed by atoms with Gasteiger partial charge in [-0.15, -0.1) is 6.58 Å². The second-order valence-electron chi connectivity index (χ2n) is 8.07. The van der Waals surface area contributed by atoms with E-state index in [0.29, 0.717) is 0 Å². The average Bonchev–Trinajstić information content (AvgIpc) is 3.17. The molecule has 35 heavy (non-hydrogen) atoms. The zero-order chi connectivity index (χ0) is 24.9. The molecule has 178 valence electrons. The van der Waals surface area contributed by atoms with Gasteiger partial charge in [0, 0.05) is 5.92 Å². The van der Waals surface area contributed by atoms with E-state index in [9.17, 15) is 24.6 Å². The van der Waals surface area contributed by atoms with Gasteiger partial charge in [-0.1, -0.05) is 54.6 Å². The van der Waals surface area contributed by atoms with E-state index < -0.39 is 24.0 Å². The number of rotatable bonds is 8. The van der Waals surface area contributed by atoms with Gasteiger partial charge in [-0.2, -0.15) is 0 Å². The van der Waals surface area contributed by atoms with Crippen LogP contribution in [-0.2, 0) is 9.53 Å². The van der Waals surface area contributed by atoms with E-state index in [4.69, 9.17) is 4.74 Å². The molecule has 4 N–H and O–H groups in total. The van der Waals surface area contributed by atoms with Crippen molar-refractivity contribution in [2.75, 3.05) is 11.9 Å². The van der Waals surface area contributed by atoms with Gasteiger partial charge in [-0.05, 0) is 46.9 Å². The highest BCUT2D eigenvalue weighted by atomic mass is 16.5. The third-order valence-corrected chi connectivity index (χ3v) is 5.85. The molecule has 0 heterocycles. The molecule has 8 nitrogen and oxygen atoms in total. The fourth-order valence-electron chi connectivity index (χ4n) is 4.22. The van der Waals surface area contributed by atoms with Gasteiger partial charge >= 0.3 is 12.1 Å². The fraction of sp³-hybridized carbons (Fsp3) is 0.148. The van der Waals surface area contributed by atoms with E-state index in [0.717, 1.165) is 28.3 Å². The monoisotopic (exact) mass is 472 g/mol. The largest absolute Gasteiger partial charge is 0.508 e. The van der Waals surface area contributed by atoms with Crippen LogP contribution >= 0.6 is 0 Å². The maximum atomic E-state index is 12.8. The van der Waals surface area contributed by atoms with Crippen LogP contribution < -0.4 is 10.6 Å². The third kappa shape index (κ3) is 5.01.